The maximum atomic E-state index is 14.2. The number of aryl methyl sites for hydroxylation is 1. The van der Waals surface area contributed by atoms with Crippen LogP contribution < -0.4 is 0 Å². The molecule has 0 saturated carbocycles. The Morgan fingerprint density at radius 1 is 1.15 bits per heavy atom. The molecule has 5 heteroatoms. The average molecular weight is 293 g/mol. The molecule has 0 N–H and O–H groups in total. The number of benzene rings is 2. The molecule has 0 spiro atoms. The maximum absolute atomic E-state index is 14.2. The fourth-order valence-electron chi connectivity index (χ4n) is 1.93. The first-order valence-corrected chi connectivity index (χ1v) is 6.72. The van der Waals surface area contributed by atoms with E-state index in [1.807, 2.05) is 0 Å². The normalized spacial score (nSPS) is 10.3. The Kier molecular flexibility index (Phi) is 4.35. The van der Waals surface area contributed by atoms with Crippen molar-refractivity contribution in [3.8, 4) is 16.5 Å². The van der Waals surface area contributed by atoms with Crippen LogP contribution in [0.25, 0.3) is 11.1 Å². The minimum Gasteiger partial charge on any atom is -0.206 e. The molecule has 0 aliphatic heterocycles. The minimum absolute atomic E-state index is 0.120. The highest BCUT2D eigenvalue weighted by Gasteiger charge is 2.15. The summed E-state index contributed by atoms with van der Waals surface area (Å²) >= 11 is 0.406. The van der Waals surface area contributed by atoms with Crippen molar-refractivity contribution in [2.24, 2.45) is 0 Å². The summed E-state index contributed by atoms with van der Waals surface area (Å²) in [6.07, 6.45) is 0.493. The molecular weight excluding hydrogens is 283 g/mol. The fraction of sp³-hybridized carbons (Fsp3) is 0.133. The molecule has 0 atom stereocenters. The van der Waals surface area contributed by atoms with Gasteiger partial charge in [-0.1, -0.05) is 25.1 Å². The summed E-state index contributed by atoms with van der Waals surface area (Å²) < 4.78 is 41.7. The topological polar surface area (TPSA) is 23.8 Å². The van der Waals surface area contributed by atoms with Gasteiger partial charge in [-0.05, 0) is 41.4 Å². The van der Waals surface area contributed by atoms with E-state index in [1.165, 1.54) is 6.07 Å². The summed E-state index contributed by atoms with van der Waals surface area (Å²) in [6, 6.07) is 6.83. The van der Waals surface area contributed by atoms with E-state index in [1.54, 1.807) is 24.5 Å². The number of hydrogen-bond acceptors (Lipinski definition) is 2. The highest BCUT2D eigenvalue weighted by atomic mass is 32.2. The lowest BCUT2D eigenvalue weighted by molar-refractivity contribution is 0.541. The summed E-state index contributed by atoms with van der Waals surface area (Å²) in [5, 5.41) is 10.1. The zero-order chi connectivity index (χ0) is 14.7. The van der Waals surface area contributed by atoms with Crippen LogP contribution in [0.5, 0.6) is 0 Å². The first-order valence-electron chi connectivity index (χ1n) is 5.91. The van der Waals surface area contributed by atoms with Crippen LogP contribution in [0.15, 0.2) is 35.2 Å². The van der Waals surface area contributed by atoms with Gasteiger partial charge in [-0.25, -0.2) is 13.2 Å². The molecule has 2 aromatic rings. The summed E-state index contributed by atoms with van der Waals surface area (Å²) in [6.45, 7) is 1.80. The molecule has 102 valence electrons. The van der Waals surface area contributed by atoms with E-state index >= 15 is 0 Å². The monoisotopic (exact) mass is 293 g/mol. The van der Waals surface area contributed by atoms with Crippen LogP contribution in [0, 0.1) is 28.1 Å². The van der Waals surface area contributed by atoms with Crippen molar-refractivity contribution in [2.45, 2.75) is 18.2 Å². The second-order valence-electron chi connectivity index (χ2n) is 4.09. The summed E-state index contributed by atoms with van der Waals surface area (Å²) in [4.78, 5) is -0.372. The van der Waals surface area contributed by atoms with Gasteiger partial charge in [0.15, 0.2) is 0 Å². The number of rotatable bonds is 3. The molecule has 1 nitrogen and oxygen atoms in total. The smallest absolute Gasteiger partial charge is 0.141 e. The molecule has 0 heterocycles. The zero-order valence-corrected chi connectivity index (χ0v) is 11.4. The van der Waals surface area contributed by atoms with Crippen LogP contribution in [0.4, 0.5) is 13.2 Å². The van der Waals surface area contributed by atoms with Crippen molar-refractivity contribution in [1.82, 2.24) is 0 Å². The van der Waals surface area contributed by atoms with Gasteiger partial charge in [-0.15, -0.1) is 0 Å². The van der Waals surface area contributed by atoms with Crippen molar-refractivity contribution in [2.75, 3.05) is 0 Å². The summed E-state index contributed by atoms with van der Waals surface area (Å²) in [7, 11) is 0. The molecule has 0 unspecified atom stereocenters. The van der Waals surface area contributed by atoms with Crippen molar-refractivity contribution in [3.63, 3.8) is 0 Å². The Balaban J connectivity index is 2.58. The van der Waals surface area contributed by atoms with Gasteiger partial charge in [-0.2, -0.15) is 5.26 Å². The SMILES string of the molecule is CCc1cccc(-c2cc(F)c(SC#N)c(F)c2)c1F. The molecule has 0 saturated heterocycles. The van der Waals surface area contributed by atoms with Crippen molar-refractivity contribution in [1.29, 1.82) is 5.26 Å². The Morgan fingerprint density at radius 2 is 1.80 bits per heavy atom. The quantitative estimate of drug-likeness (QED) is 0.593. The predicted octanol–water partition coefficient (Wildman–Crippen LogP) is 4.91. The van der Waals surface area contributed by atoms with Gasteiger partial charge in [0, 0.05) is 5.56 Å². The molecule has 0 aliphatic rings. The van der Waals surface area contributed by atoms with Gasteiger partial charge >= 0.3 is 0 Å². The second kappa shape index (κ2) is 6.02. The van der Waals surface area contributed by atoms with E-state index in [2.05, 4.69) is 0 Å². The van der Waals surface area contributed by atoms with Gasteiger partial charge in [0.25, 0.3) is 0 Å². The van der Waals surface area contributed by atoms with Gasteiger partial charge in [0.05, 0.1) is 4.90 Å². The highest BCUT2D eigenvalue weighted by molar-refractivity contribution is 8.03. The van der Waals surface area contributed by atoms with Crippen molar-refractivity contribution in [3.05, 3.63) is 53.3 Å². The molecule has 0 aliphatic carbocycles. The third-order valence-electron chi connectivity index (χ3n) is 2.92. The summed E-state index contributed by atoms with van der Waals surface area (Å²) in [5.74, 6) is -2.21. The molecule has 0 fully saturated rings. The van der Waals surface area contributed by atoms with Crippen LogP contribution >= 0.6 is 11.8 Å². The number of nitriles is 1. The van der Waals surface area contributed by atoms with Gasteiger partial charge in [0.1, 0.15) is 22.9 Å². The molecular formula is C15H10F3NS. The highest BCUT2D eigenvalue weighted by Crippen LogP contribution is 2.32. The Bertz CT molecular complexity index is 669. The van der Waals surface area contributed by atoms with Crippen LogP contribution in [-0.2, 0) is 6.42 Å². The van der Waals surface area contributed by atoms with E-state index in [-0.39, 0.29) is 16.0 Å². The van der Waals surface area contributed by atoms with Crippen LogP contribution in [-0.4, -0.2) is 0 Å². The zero-order valence-electron chi connectivity index (χ0n) is 10.6. The number of thiocyanates is 1. The first-order chi connectivity index (χ1) is 9.58. The van der Waals surface area contributed by atoms with Crippen molar-refractivity contribution < 1.29 is 13.2 Å². The van der Waals surface area contributed by atoms with Crippen molar-refractivity contribution >= 4 is 11.8 Å². The summed E-state index contributed by atoms with van der Waals surface area (Å²) in [5.41, 5.74) is 0.754. The first kappa shape index (κ1) is 14.5. The van der Waals surface area contributed by atoms with Gasteiger partial charge in [0.2, 0.25) is 0 Å². The number of halogens is 3. The molecule has 0 radical (unpaired) electrons. The molecule has 2 aromatic carbocycles. The Labute approximate surface area is 119 Å². The standard InChI is InChI=1S/C15H10F3NS/c1-2-9-4-3-5-11(14(9)18)10-6-12(16)15(20-8-19)13(17)7-10/h3-7H,2H2,1H3. The molecule has 2 rings (SSSR count). The lowest BCUT2D eigenvalue weighted by Gasteiger charge is -2.09. The third kappa shape index (κ3) is 2.66. The van der Waals surface area contributed by atoms with Crippen LogP contribution in [0.1, 0.15) is 12.5 Å². The van der Waals surface area contributed by atoms with E-state index < -0.39 is 17.5 Å². The molecule has 0 amide bonds. The number of thioether (sulfide) groups is 1. The lowest BCUT2D eigenvalue weighted by Crippen LogP contribution is -1.94. The van der Waals surface area contributed by atoms with E-state index in [9.17, 15) is 13.2 Å². The molecule has 20 heavy (non-hydrogen) atoms. The fourth-order valence-corrected chi connectivity index (χ4v) is 2.34. The average Bonchev–Trinajstić information content (AvgIpc) is 2.43. The van der Waals surface area contributed by atoms with Gasteiger partial charge < -0.3 is 0 Å². The van der Waals surface area contributed by atoms with E-state index in [4.69, 9.17) is 5.26 Å². The lowest BCUT2D eigenvalue weighted by atomic mass is 10.0. The number of hydrogen-bond donors (Lipinski definition) is 0. The second-order valence-corrected chi connectivity index (χ2v) is 4.89. The maximum Gasteiger partial charge on any atom is 0.141 e. The minimum atomic E-state index is -0.868. The van der Waals surface area contributed by atoms with Crippen LogP contribution in [0.2, 0.25) is 0 Å². The van der Waals surface area contributed by atoms with Crippen LogP contribution in [0.3, 0.4) is 0 Å². The Morgan fingerprint density at radius 3 is 2.35 bits per heavy atom. The van der Waals surface area contributed by atoms with Gasteiger partial charge in [-0.3, -0.25) is 0 Å². The molecule has 0 aromatic heterocycles. The predicted molar refractivity (Wildman–Crippen MR) is 72.6 cm³/mol. The Hall–Kier alpha value is -1.93. The third-order valence-corrected chi connectivity index (χ3v) is 3.60. The largest absolute Gasteiger partial charge is 0.206 e. The number of nitrogens with zero attached hydrogens (tertiary/aromatic N) is 1. The van der Waals surface area contributed by atoms with E-state index in [0.29, 0.717) is 23.7 Å². The van der Waals surface area contributed by atoms with E-state index in [0.717, 1.165) is 12.1 Å². The molecule has 0 bridgehead atoms.